The maximum Gasteiger partial charge on any atom is 0.417 e. The van der Waals surface area contributed by atoms with Crippen LogP contribution in [0.15, 0.2) is 36.2 Å². The van der Waals surface area contributed by atoms with Crippen LogP contribution in [0.3, 0.4) is 0 Å². The van der Waals surface area contributed by atoms with Crippen LogP contribution in [0.2, 0.25) is 39.3 Å². The molecule has 4 rings (SSSR count). The van der Waals surface area contributed by atoms with E-state index in [1.165, 1.54) is 10.5 Å². The van der Waals surface area contributed by atoms with E-state index in [0.29, 0.717) is 18.5 Å². The van der Waals surface area contributed by atoms with Gasteiger partial charge in [-0.25, -0.2) is 14.7 Å². The zero-order valence-electron chi connectivity index (χ0n) is 25.8. The molecule has 7 nitrogen and oxygen atoms in total. The fourth-order valence-electron chi connectivity index (χ4n) is 5.09. The van der Waals surface area contributed by atoms with E-state index in [1.54, 1.807) is 20.8 Å². The monoisotopic (exact) mass is 561 g/mol. The number of rotatable bonds is 3. The Morgan fingerprint density at radius 1 is 1.00 bits per heavy atom. The molecule has 39 heavy (non-hydrogen) atoms. The van der Waals surface area contributed by atoms with Gasteiger partial charge in [0.2, 0.25) is 0 Å². The van der Waals surface area contributed by atoms with E-state index >= 15 is 0 Å². The summed E-state index contributed by atoms with van der Waals surface area (Å²) in [5, 5.41) is 0. The van der Waals surface area contributed by atoms with Crippen LogP contribution in [0.5, 0.6) is 0 Å². The van der Waals surface area contributed by atoms with E-state index in [4.69, 9.17) is 4.74 Å². The van der Waals surface area contributed by atoms with E-state index in [9.17, 15) is 9.59 Å². The number of nitrogens with zero attached hydrogens (tertiary/aromatic N) is 3. The maximum atomic E-state index is 12.9. The topological polar surface area (TPSA) is 76.5 Å². The molecule has 0 aliphatic carbocycles. The number of ether oxygens (including phenoxy) is 1. The van der Waals surface area contributed by atoms with E-state index in [0.717, 1.165) is 42.8 Å². The van der Waals surface area contributed by atoms with Crippen molar-refractivity contribution in [2.75, 3.05) is 6.54 Å². The first-order chi connectivity index (χ1) is 17.5. The molecular weight excluding hydrogens is 515 g/mol. The number of aryl methyl sites for hydroxylation is 1. The molecule has 2 aromatic rings. The standard InChI is InChI=1S/C23H27N3O3.C6H19NSi2.Li/c1-23(2,3)29-22(28)25-13-7-10-17(21(25)27)14-18-20-12-6-9-16-8-4-5-11-19(16)26(20)15-24-18;1-8(2,3)7-9(4,5)6;/h4-5,8,11,14-15H,6-7,9-10,12-13H2,1-3H3;7H,1-6H3;/b17-14+;;. The second-order valence-electron chi connectivity index (χ2n) is 13.3. The summed E-state index contributed by atoms with van der Waals surface area (Å²) < 4.78 is 11.3. The molecule has 0 spiro atoms. The summed E-state index contributed by atoms with van der Waals surface area (Å²) in [6.07, 6.45) is 7.46. The van der Waals surface area contributed by atoms with Gasteiger partial charge in [-0.05, 0) is 70.6 Å². The van der Waals surface area contributed by atoms with Crippen LogP contribution < -0.4 is 4.65 Å². The third-order valence-corrected chi connectivity index (χ3v) is 12.0. The van der Waals surface area contributed by atoms with Gasteiger partial charge in [-0.3, -0.25) is 4.79 Å². The Bertz CT molecular complexity index is 1180. The number of carbonyl (C=O) groups is 2. The number of nitrogens with one attached hydrogen (secondary N) is 1. The van der Waals surface area contributed by atoms with Crippen molar-refractivity contribution in [3.8, 4) is 5.69 Å². The summed E-state index contributed by atoms with van der Waals surface area (Å²) in [6, 6.07) is 8.37. The van der Waals surface area contributed by atoms with Crippen molar-refractivity contribution >= 4 is 53.4 Å². The van der Waals surface area contributed by atoms with Crippen LogP contribution in [0.25, 0.3) is 11.8 Å². The van der Waals surface area contributed by atoms with Crippen LogP contribution in [-0.2, 0) is 22.4 Å². The number of amides is 2. The Morgan fingerprint density at radius 3 is 2.23 bits per heavy atom. The summed E-state index contributed by atoms with van der Waals surface area (Å²) in [4.78, 5) is 31.2. The molecule has 2 aliphatic heterocycles. The molecule has 2 aliphatic rings. The predicted octanol–water partition coefficient (Wildman–Crippen LogP) is 6.17. The number of fused-ring (bicyclic) bond motifs is 3. The maximum absolute atomic E-state index is 12.9. The molecule has 1 aromatic carbocycles. The Labute approximate surface area is 249 Å². The third kappa shape index (κ3) is 9.91. The summed E-state index contributed by atoms with van der Waals surface area (Å²) in [5.41, 5.74) is 4.38. The van der Waals surface area contributed by atoms with E-state index in [2.05, 4.69) is 71.7 Å². The number of benzene rings is 1. The molecule has 0 saturated carbocycles. The van der Waals surface area contributed by atoms with Crippen molar-refractivity contribution in [1.82, 2.24) is 19.1 Å². The van der Waals surface area contributed by atoms with Gasteiger partial charge in [-0.15, -0.1) is 0 Å². The minimum atomic E-state index is -0.981. The molecule has 3 heterocycles. The largest absolute Gasteiger partial charge is 0.443 e. The number of piperidine rings is 1. The van der Waals surface area contributed by atoms with Crippen LogP contribution >= 0.6 is 0 Å². The van der Waals surface area contributed by atoms with Crippen LogP contribution in [0.4, 0.5) is 4.79 Å². The number of aromatic nitrogens is 2. The molecule has 0 unspecified atom stereocenters. The quantitative estimate of drug-likeness (QED) is 0.358. The molecule has 10 heteroatoms. The van der Waals surface area contributed by atoms with Crippen LogP contribution in [-0.4, -0.2) is 73.9 Å². The van der Waals surface area contributed by atoms with Gasteiger partial charge in [0.05, 0.1) is 5.69 Å². The molecule has 0 atom stereocenters. The molecule has 2 amide bonds. The first-order valence-electron chi connectivity index (χ1n) is 13.7. The van der Waals surface area contributed by atoms with Gasteiger partial charge in [0.15, 0.2) is 0 Å². The summed E-state index contributed by atoms with van der Waals surface area (Å²) in [6.45, 7) is 19.9. The first-order valence-corrected chi connectivity index (χ1v) is 20.7. The van der Waals surface area contributed by atoms with Crippen LogP contribution in [0.1, 0.15) is 57.0 Å². The van der Waals surface area contributed by atoms with Crippen molar-refractivity contribution in [1.29, 1.82) is 0 Å². The van der Waals surface area contributed by atoms with E-state index in [1.807, 2.05) is 18.5 Å². The average molecular weight is 562 g/mol. The third-order valence-electron chi connectivity index (χ3n) is 6.03. The van der Waals surface area contributed by atoms with Crippen LogP contribution in [0, 0.1) is 0 Å². The van der Waals surface area contributed by atoms with Gasteiger partial charge in [-0.1, -0.05) is 57.5 Å². The van der Waals surface area contributed by atoms with Crippen molar-refractivity contribution in [2.45, 2.75) is 97.8 Å². The molecular formula is C29H46LiN4O3Si2. The summed E-state index contributed by atoms with van der Waals surface area (Å²) in [7, 11) is -1.96. The molecule has 1 saturated heterocycles. The van der Waals surface area contributed by atoms with Gasteiger partial charge in [0.25, 0.3) is 5.91 Å². The Hall–Kier alpha value is -1.90. The molecule has 209 valence electrons. The second-order valence-corrected chi connectivity index (χ2v) is 23.3. The van der Waals surface area contributed by atoms with Gasteiger partial charge < -0.3 is 14.0 Å². The predicted molar refractivity (Wildman–Crippen MR) is 166 cm³/mol. The van der Waals surface area contributed by atoms with Crippen molar-refractivity contribution < 1.29 is 14.3 Å². The number of imidazole rings is 1. The van der Waals surface area contributed by atoms with E-state index < -0.39 is 28.2 Å². The summed E-state index contributed by atoms with van der Waals surface area (Å²) in [5.74, 6) is -0.277. The Balaban J connectivity index is 0.000000462. The number of imide groups is 1. The second kappa shape index (κ2) is 13.2. The Morgan fingerprint density at radius 2 is 1.64 bits per heavy atom. The van der Waals surface area contributed by atoms with Gasteiger partial charge >= 0.3 is 6.09 Å². The first kappa shape index (κ1) is 33.3. The average Bonchev–Trinajstić information content (AvgIpc) is 3.04. The normalized spacial score (nSPS) is 16.8. The number of hydrogen-bond donors (Lipinski definition) is 1. The SMILES string of the molecule is CC(C)(C)OC(=O)N1CCC/C(=C\c2ncn3c2CCCc2ccccc2-3)C1=O.C[Si](C)(C)N[Si](C)(C)C.[Li]. The molecule has 1 aromatic heterocycles. The van der Waals surface area contributed by atoms with Crippen molar-refractivity contribution in [3.05, 3.63) is 53.1 Å². The molecule has 1 N–H and O–H groups in total. The zero-order valence-corrected chi connectivity index (χ0v) is 27.8. The minimum Gasteiger partial charge on any atom is -0.443 e. The van der Waals surface area contributed by atoms with Gasteiger partial charge in [0.1, 0.15) is 28.4 Å². The Kier molecular flexibility index (Phi) is 11.3. The van der Waals surface area contributed by atoms with Crippen molar-refractivity contribution in [2.24, 2.45) is 0 Å². The zero-order chi connectivity index (χ0) is 28.3. The number of hydrogen-bond acceptors (Lipinski definition) is 5. The molecule has 1 fully saturated rings. The van der Waals surface area contributed by atoms with E-state index in [-0.39, 0.29) is 24.8 Å². The van der Waals surface area contributed by atoms with Crippen molar-refractivity contribution in [3.63, 3.8) is 0 Å². The number of carbonyl (C=O) groups excluding carboxylic acids is 2. The number of para-hydroxylation sites is 1. The summed E-state index contributed by atoms with van der Waals surface area (Å²) >= 11 is 0. The van der Waals surface area contributed by atoms with Gasteiger partial charge in [-0.2, -0.15) is 0 Å². The fourth-order valence-corrected chi connectivity index (χ4v) is 14.1. The molecule has 1 radical (unpaired) electrons. The minimum absolute atomic E-state index is 0. The molecule has 0 bridgehead atoms. The smallest absolute Gasteiger partial charge is 0.417 e. The number of likely N-dealkylation sites (tertiary alicyclic amines) is 1. The fraction of sp³-hybridized carbons (Fsp3) is 0.552. The van der Waals surface area contributed by atoms with Gasteiger partial charge in [0, 0.05) is 42.4 Å².